The molecule has 2 aromatic rings. The van der Waals surface area contributed by atoms with Crippen LogP contribution in [0.4, 0.5) is 4.39 Å². The fraction of sp³-hybridized carbons (Fsp3) is 0.444. The van der Waals surface area contributed by atoms with Gasteiger partial charge in [-0.2, -0.15) is 5.10 Å². The molecule has 3 rings (SSSR count). The van der Waals surface area contributed by atoms with E-state index in [9.17, 15) is 14.3 Å². The Labute approximate surface area is 140 Å². The molecule has 6 heteroatoms. The largest absolute Gasteiger partial charge is 0.393 e. The molecule has 128 valence electrons. The highest BCUT2D eigenvalue weighted by molar-refractivity contribution is 5.79. The second-order valence-corrected chi connectivity index (χ2v) is 6.43. The number of amides is 1. The summed E-state index contributed by atoms with van der Waals surface area (Å²) in [4.78, 5) is 12.3. The van der Waals surface area contributed by atoms with Crippen molar-refractivity contribution in [3.8, 4) is 5.69 Å². The molecule has 1 fully saturated rings. The van der Waals surface area contributed by atoms with E-state index < -0.39 is 0 Å². The van der Waals surface area contributed by atoms with Gasteiger partial charge in [0, 0.05) is 17.7 Å². The van der Waals surface area contributed by atoms with E-state index in [0.717, 1.165) is 24.1 Å². The highest BCUT2D eigenvalue weighted by Gasteiger charge is 2.26. The van der Waals surface area contributed by atoms with E-state index in [-0.39, 0.29) is 29.8 Å². The second-order valence-electron chi connectivity index (χ2n) is 6.43. The molecule has 1 amide bonds. The van der Waals surface area contributed by atoms with Crippen molar-refractivity contribution in [2.24, 2.45) is 5.92 Å². The lowest BCUT2D eigenvalue weighted by Gasteiger charge is -2.25. The molecule has 2 N–H and O–H groups in total. The highest BCUT2D eigenvalue weighted by atomic mass is 19.1. The predicted molar refractivity (Wildman–Crippen MR) is 88.0 cm³/mol. The first-order chi connectivity index (χ1) is 11.5. The summed E-state index contributed by atoms with van der Waals surface area (Å²) in [5.41, 5.74) is 1.66. The summed E-state index contributed by atoms with van der Waals surface area (Å²) >= 11 is 0. The van der Waals surface area contributed by atoms with Crippen molar-refractivity contribution in [2.45, 2.75) is 44.8 Å². The van der Waals surface area contributed by atoms with Gasteiger partial charge in [0.2, 0.25) is 5.91 Å². The number of aliphatic hydroxyl groups is 1. The molecule has 1 aliphatic carbocycles. The summed E-state index contributed by atoms with van der Waals surface area (Å²) in [7, 11) is 0. The molecule has 1 heterocycles. The number of nitrogens with one attached hydrogen (secondary N) is 1. The third-order valence-corrected chi connectivity index (χ3v) is 4.62. The number of rotatable bonds is 4. The van der Waals surface area contributed by atoms with Crippen LogP contribution in [0.15, 0.2) is 36.7 Å². The quantitative estimate of drug-likeness (QED) is 0.905. The molecule has 0 saturated heterocycles. The molecule has 0 radical (unpaired) electrons. The van der Waals surface area contributed by atoms with Crippen LogP contribution in [-0.4, -0.2) is 26.9 Å². The van der Waals surface area contributed by atoms with E-state index in [1.54, 1.807) is 23.0 Å². The van der Waals surface area contributed by atoms with Gasteiger partial charge in [0.15, 0.2) is 0 Å². The summed E-state index contributed by atoms with van der Waals surface area (Å²) < 4.78 is 14.6. The zero-order valence-corrected chi connectivity index (χ0v) is 13.7. The Morgan fingerprint density at radius 2 is 1.96 bits per heavy atom. The van der Waals surface area contributed by atoms with Crippen LogP contribution in [-0.2, 0) is 4.79 Å². The Hall–Kier alpha value is -2.21. The maximum atomic E-state index is 13.0. The van der Waals surface area contributed by atoms with Crippen LogP contribution < -0.4 is 5.32 Å². The molecule has 1 unspecified atom stereocenters. The fourth-order valence-electron chi connectivity index (χ4n) is 3.05. The van der Waals surface area contributed by atoms with Gasteiger partial charge in [-0.05, 0) is 56.9 Å². The van der Waals surface area contributed by atoms with Crippen LogP contribution in [0.2, 0.25) is 0 Å². The van der Waals surface area contributed by atoms with Crippen LogP contribution in [0.25, 0.3) is 5.69 Å². The summed E-state index contributed by atoms with van der Waals surface area (Å²) in [5, 5.41) is 16.8. The average Bonchev–Trinajstić information content (AvgIpc) is 3.06. The third kappa shape index (κ3) is 3.82. The minimum Gasteiger partial charge on any atom is -0.393 e. The Kier molecular flexibility index (Phi) is 4.94. The van der Waals surface area contributed by atoms with Gasteiger partial charge in [-0.25, -0.2) is 9.07 Å². The summed E-state index contributed by atoms with van der Waals surface area (Å²) in [5.74, 6) is -0.281. The topological polar surface area (TPSA) is 67.2 Å². The van der Waals surface area contributed by atoms with Crippen LogP contribution in [0.5, 0.6) is 0 Å². The van der Waals surface area contributed by atoms with Crippen molar-refractivity contribution in [3.63, 3.8) is 0 Å². The smallest absolute Gasteiger partial charge is 0.223 e. The molecule has 0 aliphatic heterocycles. The monoisotopic (exact) mass is 331 g/mol. The zero-order valence-electron chi connectivity index (χ0n) is 13.7. The Bertz CT molecular complexity index is 691. The molecule has 0 bridgehead atoms. The number of aliphatic hydroxyl groups excluding tert-OH is 1. The lowest BCUT2D eigenvalue weighted by Crippen LogP contribution is -2.35. The van der Waals surface area contributed by atoms with Crippen LogP contribution >= 0.6 is 0 Å². The van der Waals surface area contributed by atoms with Crippen LogP contribution in [0.1, 0.15) is 44.2 Å². The lowest BCUT2D eigenvalue weighted by atomic mass is 9.86. The molecule has 24 heavy (non-hydrogen) atoms. The van der Waals surface area contributed by atoms with Crippen LogP contribution in [0, 0.1) is 11.7 Å². The van der Waals surface area contributed by atoms with Gasteiger partial charge >= 0.3 is 0 Å². The summed E-state index contributed by atoms with van der Waals surface area (Å²) in [6.45, 7) is 1.92. The van der Waals surface area contributed by atoms with Gasteiger partial charge in [0.25, 0.3) is 0 Å². The molecule has 5 nitrogen and oxygen atoms in total. The van der Waals surface area contributed by atoms with Gasteiger partial charge in [0.05, 0.1) is 24.0 Å². The van der Waals surface area contributed by atoms with Crippen molar-refractivity contribution >= 4 is 5.91 Å². The summed E-state index contributed by atoms with van der Waals surface area (Å²) in [6.07, 6.45) is 6.12. The molecule has 1 aromatic heterocycles. The molecule has 0 spiro atoms. The first-order valence-electron chi connectivity index (χ1n) is 8.32. The summed E-state index contributed by atoms with van der Waals surface area (Å²) in [6, 6.07) is 5.93. The van der Waals surface area contributed by atoms with Crippen molar-refractivity contribution in [1.29, 1.82) is 0 Å². The van der Waals surface area contributed by atoms with Gasteiger partial charge in [0.1, 0.15) is 5.82 Å². The number of carbonyl (C=O) groups is 1. The fourth-order valence-corrected chi connectivity index (χ4v) is 3.05. The maximum Gasteiger partial charge on any atom is 0.223 e. The van der Waals surface area contributed by atoms with Gasteiger partial charge in [-0.15, -0.1) is 0 Å². The van der Waals surface area contributed by atoms with Crippen molar-refractivity contribution in [2.75, 3.05) is 0 Å². The number of hydrogen-bond acceptors (Lipinski definition) is 3. The number of nitrogens with zero attached hydrogens (tertiary/aromatic N) is 2. The van der Waals surface area contributed by atoms with Gasteiger partial charge in [-0.3, -0.25) is 4.79 Å². The molecule has 1 atom stereocenters. The number of carbonyl (C=O) groups excluding carboxylic acids is 1. The maximum absolute atomic E-state index is 13.0. The molecule has 1 aliphatic rings. The second kappa shape index (κ2) is 7.13. The normalized spacial score (nSPS) is 22.1. The van der Waals surface area contributed by atoms with Crippen LogP contribution in [0.3, 0.4) is 0 Å². The Balaban J connectivity index is 1.62. The van der Waals surface area contributed by atoms with Gasteiger partial charge < -0.3 is 10.4 Å². The lowest BCUT2D eigenvalue weighted by molar-refractivity contribution is -0.127. The first kappa shape index (κ1) is 16.6. The van der Waals surface area contributed by atoms with Crippen molar-refractivity contribution in [1.82, 2.24) is 15.1 Å². The van der Waals surface area contributed by atoms with E-state index in [1.165, 1.54) is 12.1 Å². The third-order valence-electron chi connectivity index (χ3n) is 4.62. The van der Waals surface area contributed by atoms with E-state index >= 15 is 0 Å². The first-order valence-corrected chi connectivity index (χ1v) is 8.32. The van der Waals surface area contributed by atoms with Gasteiger partial charge in [-0.1, -0.05) is 0 Å². The minimum absolute atomic E-state index is 0.0250. The molecular formula is C18H22FN3O2. The number of aromatic nitrogens is 2. The van der Waals surface area contributed by atoms with E-state index in [2.05, 4.69) is 10.4 Å². The number of benzene rings is 1. The standard InChI is InChI=1S/C18H22FN3O2/c1-12(21-18(24)13-2-8-17(23)9-3-13)14-10-20-22(11-14)16-6-4-15(19)5-7-16/h4-7,10-13,17,23H,2-3,8-9H2,1H3,(H,21,24). The van der Waals surface area contributed by atoms with Crippen molar-refractivity contribution in [3.05, 3.63) is 48.0 Å². The average molecular weight is 331 g/mol. The molecule has 1 aromatic carbocycles. The Morgan fingerprint density at radius 3 is 2.62 bits per heavy atom. The van der Waals surface area contributed by atoms with E-state index in [1.807, 2.05) is 13.1 Å². The molecule has 1 saturated carbocycles. The molecular weight excluding hydrogens is 309 g/mol. The van der Waals surface area contributed by atoms with Crippen molar-refractivity contribution < 1.29 is 14.3 Å². The zero-order chi connectivity index (χ0) is 17.1. The SMILES string of the molecule is CC(NC(=O)C1CCC(O)CC1)c1cnn(-c2ccc(F)cc2)c1. The van der Waals surface area contributed by atoms with E-state index in [0.29, 0.717) is 12.8 Å². The Morgan fingerprint density at radius 1 is 1.29 bits per heavy atom. The number of halogens is 1. The predicted octanol–water partition coefficient (Wildman–Crippen LogP) is 2.74. The minimum atomic E-state index is -0.288. The van der Waals surface area contributed by atoms with E-state index in [4.69, 9.17) is 0 Å². The number of hydrogen-bond donors (Lipinski definition) is 2. The highest BCUT2D eigenvalue weighted by Crippen LogP contribution is 2.25.